The third kappa shape index (κ3) is 4.22. The van der Waals surface area contributed by atoms with Crippen molar-refractivity contribution in [2.75, 3.05) is 0 Å². The molecule has 17 heavy (non-hydrogen) atoms. The minimum absolute atomic E-state index is 0.273. The van der Waals surface area contributed by atoms with E-state index in [0.29, 0.717) is 0 Å². The fraction of sp³-hybridized carbons (Fsp3) is 0.412. The molecule has 0 fully saturated rings. The van der Waals surface area contributed by atoms with Crippen molar-refractivity contribution in [2.24, 2.45) is 5.41 Å². The van der Waals surface area contributed by atoms with E-state index in [-0.39, 0.29) is 5.41 Å². The van der Waals surface area contributed by atoms with Gasteiger partial charge in [-0.1, -0.05) is 74.9 Å². The van der Waals surface area contributed by atoms with Crippen LogP contribution < -0.4 is 0 Å². The fourth-order valence-electron chi connectivity index (χ4n) is 2.26. The van der Waals surface area contributed by atoms with Gasteiger partial charge in [-0.3, -0.25) is 0 Å². The molecule has 0 aliphatic carbocycles. The maximum atomic E-state index is 2.32. The Hall–Kier alpha value is -1.30. The average molecular weight is 228 g/mol. The van der Waals surface area contributed by atoms with Crippen LogP contribution in [0.5, 0.6) is 0 Å². The highest BCUT2D eigenvalue weighted by Gasteiger charge is 2.19. The molecule has 0 saturated heterocycles. The lowest BCUT2D eigenvalue weighted by molar-refractivity contribution is 0.440. The van der Waals surface area contributed by atoms with Crippen molar-refractivity contribution in [2.45, 2.75) is 40.5 Å². The standard InChI is InChI=1S/C17H24/c1-5-16(6-2)17(3,4)14-10-13-15-11-8-7-9-12-15/h5,7-13H,6,14H2,1-4H3. The van der Waals surface area contributed by atoms with Crippen LogP contribution in [0, 0.1) is 5.41 Å². The van der Waals surface area contributed by atoms with Crippen LogP contribution >= 0.6 is 0 Å². The van der Waals surface area contributed by atoms with Crippen molar-refractivity contribution >= 4 is 6.08 Å². The molecular formula is C17H24. The van der Waals surface area contributed by atoms with E-state index in [9.17, 15) is 0 Å². The molecule has 0 bridgehead atoms. The highest BCUT2D eigenvalue weighted by atomic mass is 14.2. The summed E-state index contributed by atoms with van der Waals surface area (Å²) in [5.74, 6) is 0. The summed E-state index contributed by atoms with van der Waals surface area (Å²) >= 11 is 0. The summed E-state index contributed by atoms with van der Waals surface area (Å²) in [5, 5.41) is 0. The van der Waals surface area contributed by atoms with Gasteiger partial charge in [0.25, 0.3) is 0 Å². The molecule has 0 aliphatic rings. The van der Waals surface area contributed by atoms with Gasteiger partial charge in [0.2, 0.25) is 0 Å². The molecule has 0 atom stereocenters. The van der Waals surface area contributed by atoms with Crippen LogP contribution in [0.3, 0.4) is 0 Å². The lowest BCUT2D eigenvalue weighted by Gasteiger charge is -2.26. The van der Waals surface area contributed by atoms with E-state index in [2.05, 4.69) is 76.3 Å². The van der Waals surface area contributed by atoms with Gasteiger partial charge in [-0.15, -0.1) is 0 Å². The Balaban J connectivity index is 2.64. The van der Waals surface area contributed by atoms with Crippen LogP contribution in [0.2, 0.25) is 0 Å². The van der Waals surface area contributed by atoms with Crippen molar-refractivity contribution in [1.29, 1.82) is 0 Å². The van der Waals surface area contributed by atoms with Gasteiger partial charge in [0, 0.05) is 0 Å². The van der Waals surface area contributed by atoms with Gasteiger partial charge in [0.1, 0.15) is 0 Å². The summed E-state index contributed by atoms with van der Waals surface area (Å²) in [6, 6.07) is 10.5. The highest BCUT2D eigenvalue weighted by molar-refractivity contribution is 5.48. The van der Waals surface area contributed by atoms with Gasteiger partial charge in [-0.2, -0.15) is 0 Å². The molecule has 92 valence electrons. The zero-order valence-electron chi connectivity index (χ0n) is 11.5. The van der Waals surface area contributed by atoms with Gasteiger partial charge in [0.05, 0.1) is 0 Å². The summed E-state index contributed by atoms with van der Waals surface area (Å²) in [4.78, 5) is 0. The largest absolute Gasteiger partial charge is 0.0879 e. The van der Waals surface area contributed by atoms with E-state index in [4.69, 9.17) is 0 Å². The zero-order valence-corrected chi connectivity index (χ0v) is 11.5. The molecule has 0 radical (unpaired) electrons. The molecule has 0 unspecified atom stereocenters. The van der Waals surface area contributed by atoms with Crippen molar-refractivity contribution in [3.05, 3.63) is 53.6 Å². The number of hydrogen-bond acceptors (Lipinski definition) is 0. The van der Waals surface area contributed by atoms with E-state index in [1.165, 1.54) is 11.1 Å². The van der Waals surface area contributed by atoms with E-state index < -0.39 is 0 Å². The third-order valence-electron chi connectivity index (χ3n) is 3.34. The number of rotatable bonds is 5. The first-order chi connectivity index (χ1) is 8.10. The van der Waals surface area contributed by atoms with Crippen LogP contribution in [0.15, 0.2) is 48.1 Å². The second kappa shape index (κ2) is 6.44. The second-order valence-electron chi connectivity index (χ2n) is 5.07. The molecular weight excluding hydrogens is 204 g/mol. The first kappa shape index (κ1) is 13.8. The molecule has 0 aliphatic heterocycles. The molecule has 0 heterocycles. The van der Waals surface area contributed by atoms with Gasteiger partial charge in [-0.05, 0) is 30.7 Å². The molecule has 0 amide bonds. The van der Waals surface area contributed by atoms with Crippen molar-refractivity contribution in [1.82, 2.24) is 0 Å². The van der Waals surface area contributed by atoms with Crippen LogP contribution in [-0.2, 0) is 0 Å². The number of hydrogen-bond donors (Lipinski definition) is 0. The van der Waals surface area contributed by atoms with E-state index in [0.717, 1.165) is 12.8 Å². The molecule has 0 N–H and O–H groups in total. The predicted octanol–water partition coefficient (Wildman–Crippen LogP) is 5.47. The average Bonchev–Trinajstić information content (AvgIpc) is 2.31. The predicted molar refractivity (Wildman–Crippen MR) is 77.9 cm³/mol. The van der Waals surface area contributed by atoms with Crippen LogP contribution in [0.25, 0.3) is 6.08 Å². The Kier molecular flexibility index (Phi) is 5.21. The maximum Gasteiger partial charge on any atom is -0.0110 e. The molecule has 0 nitrogen and oxygen atoms in total. The SMILES string of the molecule is CC=C(CC)C(C)(C)CC=Cc1ccccc1. The summed E-state index contributed by atoms with van der Waals surface area (Å²) in [5.41, 5.74) is 3.09. The van der Waals surface area contributed by atoms with Gasteiger partial charge < -0.3 is 0 Å². The second-order valence-corrected chi connectivity index (χ2v) is 5.07. The molecule has 0 aromatic heterocycles. The van der Waals surface area contributed by atoms with E-state index in [1.54, 1.807) is 0 Å². The normalized spacial score (nSPS) is 13.3. The van der Waals surface area contributed by atoms with Crippen molar-refractivity contribution in [3.8, 4) is 0 Å². The first-order valence-corrected chi connectivity index (χ1v) is 6.47. The number of benzene rings is 1. The molecule has 0 spiro atoms. The molecule has 1 aromatic carbocycles. The Labute approximate surface area is 106 Å². The van der Waals surface area contributed by atoms with E-state index in [1.807, 2.05) is 0 Å². The third-order valence-corrected chi connectivity index (χ3v) is 3.34. The smallest absolute Gasteiger partial charge is 0.0110 e. The van der Waals surface area contributed by atoms with Crippen LogP contribution in [0.1, 0.15) is 46.1 Å². The van der Waals surface area contributed by atoms with Crippen molar-refractivity contribution in [3.63, 3.8) is 0 Å². The van der Waals surface area contributed by atoms with Gasteiger partial charge >= 0.3 is 0 Å². The topological polar surface area (TPSA) is 0 Å². The van der Waals surface area contributed by atoms with Gasteiger partial charge in [-0.25, -0.2) is 0 Å². The molecule has 0 saturated carbocycles. The Morgan fingerprint density at radius 1 is 1.18 bits per heavy atom. The Bertz CT molecular complexity index is 380. The minimum atomic E-state index is 0.273. The summed E-state index contributed by atoms with van der Waals surface area (Å²) in [6.45, 7) is 9.02. The summed E-state index contributed by atoms with van der Waals surface area (Å²) in [7, 11) is 0. The Morgan fingerprint density at radius 2 is 1.82 bits per heavy atom. The maximum absolute atomic E-state index is 2.32. The monoisotopic (exact) mass is 228 g/mol. The number of allylic oxidation sites excluding steroid dienone is 3. The quantitative estimate of drug-likeness (QED) is 0.586. The minimum Gasteiger partial charge on any atom is -0.0879 e. The first-order valence-electron chi connectivity index (χ1n) is 6.47. The molecule has 0 heteroatoms. The zero-order chi connectivity index (χ0) is 12.7. The van der Waals surface area contributed by atoms with Crippen LogP contribution in [-0.4, -0.2) is 0 Å². The molecule has 1 aromatic rings. The lowest BCUT2D eigenvalue weighted by Crippen LogP contribution is -2.13. The highest BCUT2D eigenvalue weighted by Crippen LogP contribution is 2.32. The van der Waals surface area contributed by atoms with Gasteiger partial charge in [0.15, 0.2) is 0 Å². The van der Waals surface area contributed by atoms with E-state index >= 15 is 0 Å². The summed E-state index contributed by atoms with van der Waals surface area (Å²) in [6.07, 6.45) is 8.99. The Morgan fingerprint density at radius 3 is 2.35 bits per heavy atom. The summed E-state index contributed by atoms with van der Waals surface area (Å²) < 4.78 is 0. The molecule has 1 rings (SSSR count). The van der Waals surface area contributed by atoms with Crippen molar-refractivity contribution < 1.29 is 0 Å². The fourth-order valence-corrected chi connectivity index (χ4v) is 2.26. The lowest BCUT2D eigenvalue weighted by atomic mass is 9.79. The van der Waals surface area contributed by atoms with Crippen LogP contribution in [0.4, 0.5) is 0 Å².